The lowest BCUT2D eigenvalue weighted by molar-refractivity contribution is -0.127. The van der Waals surface area contributed by atoms with Crippen LogP contribution in [0.15, 0.2) is 23.1 Å². The van der Waals surface area contributed by atoms with E-state index in [2.05, 4.69) is 10.6 Å². The van der Waals surface area contributed by atoms with Gasteiger partial charge in [-0.3, -0.25) is 4.79 Å². The zero-order valence-corrected chi connectivity index (χ0v) is 13.5. The number of hydrogen-bond donors (Lipinski definition) is 2. The fourth-order valence-corrected chi connectivity index (χ4v) is 3.80. The molecule has 2 unspecified atom stereocenters. The molecule has 21 heavy (non-hydrogen) atoms. The van der Waals surface area contributed by atoms with E-state index in [1.165, 1.54) is 6.07 Å². The highest BCUT2D eigenvalue weighted by atomic mass is 35.5. The van der Waals surface area contributed by atoms with Gasteiger partial charge in [-0.15, -0.1) is 24.2 Å². The van der Waals surface area contributed by atoms with Crippen LogP contribution in [0.1, 0.15) is 24.9 Å². The van der Waals surface area contributed by atoms with Gasteiger partial charge in [0.2, 0.25) is 5.91 Å². The maximum Gasteiger partial charge on any atom is 0.223 e. The molecule has 2 aliphatic rings. The monoisotopic (exact) mass is 330 g/mol. The summed E-state index contributed by atoms with van der Waals surface area (Å²) in [4.78, 5) is 13.4. The van der Waals surface area contributed by atoms with Gasteiger partial charge in [0.1, 0.15) is 5.82 Å². The van der Waals surface area contributed by atoms with Crippen molar-refractivity contribution < 1.29 is 9.18 Å². The number of benzene rings is 1. The van der Waals surface area contributed by atoms with Crippen LogP contribution in [0.4, 0.5) is 4.39 Å². The lowest BCUT2D eigenvalue weighted by atomic mass is 9.88. The van der Waals surface area contributed by atoms with Crippen LogP contribution in [0.3, 0.4) is 0 Å². The van der Waals surface area contributed by atoms with Crippen LogP contribution in [0, 0.1) is 17.7 Å². The summed E-state index contributed by atoms with van der Waals surface area (Å²) < 4.78 is 13.4. The molecule has 0 radical (unpaired) electrons. The molecule has 1 amide bonds. The molecule has 2 heterocycles. The first-order valence-corrected chi connectivity index (χ1v) is 8.07. The molecule has 116 valence electrons. The molecule has 2 atom stereocenters. The quantitative estimate of drug-likeness (QED) is 0.895. The van der Waals surface area contributed by atoms with Gasteiger partial charge in [0.05, 0.1) is 6.04 Å². The number of carbonyl (C=O) groups excluding carboxylic acids is 1. The van der Waals surface area contributed by atoms with Gasteiger partial charge in [-0.2, -0.15) is 0 Å². The van der Waals surface area contributed by atoms with Gasteiger partial charge in [-0.05, 0) is 49.2 Å². The number of nitrogens with one attached hydrogen (secondary N) is 2. The van der Waals surface area contributed by atoms with E-state index in [0.717, 1.165) is 35.7 Å². The first-order valence-electron chi connectivity index (χ1n) is 7.08. The maximum atomic E-state index is 13.4. The lowest BCUT2D eigenvalue weighted by Gasteiger charge is -2.33. The summed E-state index contributed by atoms with van der Waals surface area (Å²) in [6.07, 6.45) is 0.864. The van der Waals surface area contributed by atoms with Crippen molar-refractivity contribution in [3.63, 3.8) is 0 Å². The fraction of sp³-hybridized carbons (Fsp3) is 0.533. The summed E-state index contributed by atoms with van der Waals surface area (Å²) in [5.74, 6) is 1.26. The van der Waals surface area contributed by atoms with Crippen molar-refractivity contribution >= 4 is 30.1 Å². The zero-order valence-electron chi connectivity index (χ0n) is 11.9. The highest BCUT2D eigenvalue weighted by Crippen LogP contribution is 2.36. The molecule has 1 aromatic carbocycles. The fourth-order valence-electron chi connectivity index (χ4n) is 2.70. The molecule has 0 spiro atoms. The summed E-state index contributed by atoms with van der Waals surface area (Å²) in [6.45, 7) is 3.81. The van der Waals surface area contributed by atoms with Gasteiger partial charge in [0.25, 0.3) is 0 Å². The number of fused-ring (bicyclic) bond motifs is 1. The van der Waals surface area contributed by atoms with Crippen molar-refractivity contribution in [1.29, 1.82) is 0 Å². The predicted octanol–water partition coefficient (Wildman–Crippen LogP) is 2.76. The standard InChI is InChI=1S/C15H19FN2OS.ClH/c1-9(10-7-17-8-10)15(19)18-13-4-5-20-14-3-2-11(16)6-12(13)14;/h2-3,6,9-10,13,17H,4-5,7-8H2,1H3,(H,18,19);1H. The number of thioether (sulfide) groups is 1. The number of hydrogen-bond acceptors (Lipinski definition) is 3. The molecule has 2 aliphatic heterocycles. The summed E-state index contributed by atoms with van der Waals surface area (Å²) in [7, 11) is 0. The average molecular weight is 331 g/mol. The molecule has 1 saturated heterocycles. The molecule has 6 heteroatoms. The Labute approximate surface area is 134 Å². The minimum atomic E-state index is -0.234. The highest BCUT2D eigenvalue weighted by Gasteiger charge is 2.31. The van der Waals surface area contributed by atoms with Crippen LogP contribution >= 0.6 is 24.2 Å². The minimum absolute atomic E-state index is 0. The van der Waals surface area contributed by atoms with Crippen LogP contribution in [-0.2, 0) is 4.79 Å². The van der Waals surface area contributed by atoms with Crippen molar-refractivity contribution in [2.75, 3.05) is 18.8 Å². The van der Waals surface area contributed by atoms with Crippen LogP contribution in [0.5, 0.6) is 0 Å². The number of rotatable bonds is 3. The molecule has 0 aromatic heterocycles. The number of amides is 1. The topological polar surface area (TPSA) is 41.1 Å². The van der Waals surface area contributed by atoms with Gasteiger partial charge in [-0.25, -0.2) is 4.39 Å². The van der Waals surface area contributed by atoms with E-state index in [-0.39, 0.29) is 36.1 Å². The SMILES string of the molecule is CC(C(=O)NC1CCSc2ccc(F)cc21)C1CNC1.Cl. The van der Waals surface area contributed by atoms with Crippen LogP contribution in [0.2, 0.25) is 0 Å². The van der Waals surface area contributed by atoms with Crippen molar-refractivity contribution in [3.05, 3.63) is 29.6 Å². The minimum Gasteiger partial charge on any atom is -0.349 e. The summed E-state index contributed by atoms with van der Waals surface area (Å²) in [5, 5.41) is 6.30. The Morgan fingerprint density at radius 1 is 1.48 bits per heavy atom. The van der Waals surface area contributed by atoms with Gasteiger partial charge in [0.15, 0.2) is 0 Å². The Bertz CT molecular complexity index is 524. The molecule has 1 aromatic rings. The van der Waals surface area contributed by atoms with Gasteiger partial charge in [0, 0.05) is 16.6 Å². The van der Waals surface area contributed by atoms with Gasteiger partial charge in [-0.1, -0.05) is 6.92 Å². The van der Waals surface area contributed by atoms with E-state index in [1.807, 2.05) is 13.0 Å². The molecule has 0 aliphatic carbocycles. The van der Waals surface area contributed by atoms with E-state index >= 15 is 0 Å². The van der Waals surface area contributed by atoms with Crippen LogP contribution in [-0.4, -0.2) is 24.7 Å². The molecular weight excluding hydrogens is 311 g/mol. The molecule has 2 N–H and O–H groups in total. The van der Waals surface area contributed by atoms with Crippen molar-refractivity contribution in [2.24, 2.45) is 11.8 Å². The van der Waals surface area contributed by atoms with Crippen molar-refractivity contribution in [3.8, 4) is 0 Å². The summed E-state index contributed by atoms with van der Waals surface area (Å²) in [5.41, 5.74) is 0.925. The van der Waals surface area contributed by atoms with Crippen molar-refractivity contribution in [2.45, 2.75) is 24.3 Å². The Morgan fingerprint density at radius 2 is 2.24 bits per heavy atom. The van der Waals surface area contributed by atoms with E-state index in [1.54, 1.807) is 17.8 Å². The molecule has 3 nitrogen and oxygen atoms in total. The molecule has 1 fully saturated rings. The Balaban J connectivity index is 0.00000161. The Kier molecular flexibility index (Phi) is 5.52. The maximum absolute atomic E-state index is 13.4. The second-order valence-corrected chi connectivity index (χ2v) is 6.72. The smallest absolute Gasteiger partial charge is 0.223 e. The number of carbonyl (C=O) groups is 1. The Hall–Kier alpha value is -0.780. The third-order valence-corrected chi connectivity index (χ3v) is 5.38. The average Bonchev–Trinajstić information content (AvgIpc) is 2.37. The second-order valence-electron chi connectivity index (χ2n) is 5.59. The lowest BCUT2D eigenvalue weighted by Crippen LogP contribution is -2.50. The molecular formula is C15H20ClFN2OS. The van der Waals surface area contributed by atoms with Crippen LogP contribution < -0.4 is 10.6 Å². The van der Waals surface area contributed by atoms with E-state index in [4.69, 9.17) is 0 Å². The van der Waals surface area contributed by atoms with Crippen LogP contribution in [0.25, 0.3) is 0 Å². The van der Waals surface area contributed by atoms with E-state index in [9.17, 15) is 9.18 Å². The molecule has 3 rings (SSSR count). The summed E-state index contributed by atoms with van der Waals surface area (Å²) >= 11 is 1.73. The van der Waals surface area contributed by atoms with Gasteiger partial charge >= 0.3 is 0 Å². The largest absolute Gasteiger partial charge is 0.349 e. The molecule has 0 saturated carbocycles. The third kappa shape index (κ3) is 3.52. The van der Waals surface area contributed by atoms with E-state index < -0.39 is 0 Å². The van der Waals surface area contributed by atoms with Gasteiger partial charge < -0.3 is 10.6 Å². The zero-order chi connectivity index (χ0) is 14.1. The summed E-state index contributed by atoms with van der Waals surface area (Å²) in [6, 6.07) is 4.80. The first kappa shape index (κ1) is 16.6. The predicted molar refractivity (Wildman–Crippen MR) is 85.4 cm³/mol. The first-order chi connectivity index (χ1) is 9.65. The van der Waals surface area contributed by atoms with E-state index in [0.29, 0.717) is 5.92 Å². The van der Waals surface area contributed by atoms with Crippen molar-refractivity contribution in [1.82, 2.24) is 10.6 Å². The Morgan fingerprint density at radius 3 is 2.90 bits per heavy atom. The normalized spacial score (nSPS) is 22.5. The number of halogens is 2. The second kappa shape index (κ2) is 6.99. The molecule has 0 bridgehead atoms. The highest BCUT2D eigenvalue weighted by molar-refractivity contribution is 7.99. The third-order valence-electron chi connectivity index (χ3n) is 4.26.